The van der Waals surface area contributed by atoms with Crippen molar-refractivity contribution in [2.24, 2.45) is 5.73 Å². The number of halogens is 3. The highest BCUT2D eigenvalue weighted by Crippen LogP contribution is 2.31. The Morgan fingerprint density at radius 2 is 2.06 bits per heavy atom. The molecule has 1 aromatic carbocycles. The van der Waals surface area contributed by atoms with Gasteiger partial charge in [-0.25, -0.2) is 4.98 Å². The van der Waals surface area contributed by atoms with Crippen molar-refractivity contribution in [3.8, 4) is 11.4 Å². The number of nitrogens with two attached hydrogens (primary N) is 1. The van der Waals surface area contributed by atoms with Gasteiger partial charge in [-0.1, -0.05) is 12.1 Å². The Morgan fingerprint density at radius 3 is 2.65 bits per heavy atom. The molecule has 90 valence electrons. The highest BCUT2D eigenvalue weighted by Gasteiger charge is 2.30. The van der Waals surface area contributed by atoms with Gasteiger partial charge in [0.05, 0.1) is 5.56 Å². The Morgan fingerprint density at radius 1 is 1.29 bits per heavy atom. The summed E-state index contributed by atoms with van der Waals surface area (Å²) in [6, 6.07) is 4.99. The van der Waals surface area contributed by atoms with Crippen LogP contribution < -0.4 is 5.73 Å². The molecular formula is C11H10F3N3. The third-order valence-corrected chi connectivity index (χ3v) is 2.31. The van der Waals surface area contributed by atoms with Crippen molar-refractivity contribution >= 4 is 0 Å². The largest absolute Gasteiger partial charge is 0.416 e. The molecule has 17 heavy (non-hydrogen) atoms. The number of aromatic amines is 1. The topological polar surface area (TPSA) is 54.7 Å². The van der Waals surface area contributed by atoms with Crippen LogP contribution in [0.5, 0.6) is 0 Å². The zero-order valence-electron chi connectivity index (χ0n) is 8.75. The molecule has 3 N–H and O–H groups in total. The molecule has 0 fully saturated rings. The minimum Gasteiger partial charge on any atom is -0.341 e. The average molecular weight is 241 g/mol. The third-order valence-electron chi connectivity index (χ3n) is 2.31. The zero-order chi connectivity index (χ0) is 12.5. The highest BCUT2D eigenvalue weighted by atomic mass is 19.4. The third kappa shape index (κ3) is 2.47. The van der Waals surface area contributed by atoms with Crippen LogP contribution in [0.2, 0.25) is 0 Å². The summed E-state index contributed by atoms with van der Waals surface area (Å²) in [5, 5.41) is 0. The number of aromatic nitrogens is 2. The quantitative estimate of drug-likeness (QED) is 0.848. The van der Waals surface area contributed by atoms with Crippen molar-refractivity contribution in [2.45, 2.75) is 12.7 Å². The van der Waals surface area contributed by atoms with Crippen LogP contribution in [0.1, 0.15) is 11.3 Å². The molecule has 1 heterocycles. The second-order valence-corrected chi connectivity index (χ2v) is 3.54. The van der Waals surface area contributed by atoms with Gasteiger partial charge in [-0.05, 0) is 12.1 Å². The van der Waals surface area contributed by atoms with Gasteiger partial charge in [0.1, 0.15) is 5.82 Å². The van der Waals surface area contributed by atoms with Crippen LogP contribution in [0.3, 0.4) is 0 Å². The molecule has 0 aliphatic rings. The van der Waals surface area contributed by atoms with Crippen LogP contribution in [0.15, 0.2) is 30.5 Å². The second-order valence-electron chi connectivity index (χ2n) is 3.54. The minimum absolute atomic E-state index is 0.270. The lowest BCUT2D eigenvalue weighted by Crippen LogP contribution is -2.04. The van der Waals surface area contributed by atoms with E-state index in [-0.39, 0.29) is 6.54 Å². The Labute approximate surface area is 95.5 Å². The van der Waals surface area contributed by atoms with Gasteiger partial charge in [-0.15, -0.1) is 0 Å². The van der Waals surface area contributed by atoms with Gasteiger partial charge >= 0.3 is 6.18 Å². The summed E-state index contributed by atoms with van der Waals surface area (Å²) in [4.78, 5) is 6.83. The molecule has 0 radical (unpaired) electrons. The number of benzene rings is 1. The van der Waals surface area contributed by atoms with Gasteiger partial charge in [-0.3, -0.25) is 0 Å². The highest BCUT2D eigenvalue weighted by molar-refractivity contribution is 5.56. The smallest absolute Gasteiger partial charge is 0.341 e. The van der Waals surface area contributed by atoms with E-state index in [4.69, 9.17) is 5.73 Å². The van der Waals surface area contributed by atoms with Gasteiger partial charge in [-0.2, -0.15) is 13.2 Å². The fourth-order valence-corrected chi connectivity index (χ4v) is 1.45. The maximum absolute atomic E-state index is 12.5. The predicted octanol–water partition coefficient (Wildman–Crippen LogP) is 2.55. The lowest BCUT2D eigenvalue weighted by Gasteiger charge is -2.07. The van der Waals surface area contributed by atoms with E-state index in [1.165, 1.54) is 12.3 Å². The SMILES string of the molecule is NCc1cnc(-c2cccc(C(F)(F)F)c2)[nH]1. The van der Waals surface area contributed by atoms with Gasteiger partial charge in [0.25, 0.3) is 0 Å². The van der Waals surface area contributed by atoms with E-state index in [1.54, 1.807) is 6.07 Å². The molecule has 2 rings (SSSR count). The summed E-state index contributed by atoms with van der Waals surface area (Å²) in [6.07, 6.45) is -2.84. The van der Waals surface area contributed by atoms with Crippen LogP contribution in [-0.4, -0.2) is 9.97 Å². The number of hydrogen-bond acceptors (Lipinski definition) is 2. The van der Waals surface area contributed by atoms with Crippen LogP contribution >= 0.6 is 0 Å². The lowest BCUT2D eigenvalue weighted by molar-refractivity contribution is -0.137. The van der Waals surface area contributed by atoms with E-state index in [1.807, 2.05) is 0 Å². The molecular weight excluding hydrogens is 231 g/mol. The molecule has 0 saturated heterocycles. The average Bonchev–Trinajstić information content (AvgIpc) is 2.76. The summed E-state index contributed by atoms with van der Waals surface area (Å²) < 4.78 is 37.5. The fourth-order valence-electron chi connectivity index (χ4n) is 1.45. The zero-order valence-corrected chi connectivity index (χ0v) is 8.75. The summed E-state index contributed by atoms with van der Waals surface area (Å²) in [7, 11) is 0. The summed E-state index contributed by atoms with van der Waals surface area (Å²) in [5.74, 6) is 0.386. The number of alkyl halides is 3. The van der Waals surface area contributed by atoms with E-state index in [9.17, 15) is 13.2 Å². The first-order valence-electron chi connectivity index (χ1n) is 4.92. The van der Waals surface area contributed by atoms with Gasteiger partial charge < -0.3 is 10.7 Å². The predicted molar refractivity (Wildman–Crippen MR) is 56.9 cm³/mol. The number of imidazole rings is 1. The number of nitrogens with one attached hydrogen (secondary N) is 1. The first kappa shape index (κ1) is 11.7. The van der Waals surface area contributed by atoms with E-state index in [2.05, 4.69) is 9.97 Å². The molecule has 0 unspecified atom stereocenters. The number of rotatable bonds is 2. The maximum Gasteiger partial charge on any atom is 0.416 e. The van der Waals surface area contributed by atoms with Crippen LogP contribution in [-0.2, 0) is 12.7 Å². The monoisotopic (exact) mass is 241 g/mol. The van der Waals surface area contributed by atoms with Crippen molar-refractivity contribution in [2.75, 3.05) is 0 Å². The number of H-pyrrole nitrogens is 1. The molecule has 0 saturated carbocycles. The van der Waals surface area contributed by atoms with Gasteiger partial charge in [0.15, 0.2) is 0 Å². The summed E-state index contributed by atoms with van der Waals surface area (Å²) in [5.41, 5.74) is 5.76. The van der Waals surface area contributed by atoms with Crippen LogP contribution in [0, 0.1) is 0 Å². The molecule has 0 bridgehead atoms. The van der Waals surface area contributed by atoms with E-state index in [0.717, 1.165) is 12.1 Å². The van der Waals surface area contributed by atoms with Gasteiger partial charge in [0.2, 0.25) is 0 Å². The van der Waals surface area contributed by atoms with Crippen molar-refractivity contribution in [3.63, 3.8) is 0 Å². The lowest BCUT2D eigenvalue weighted by atomic mass is 10.1. The molecule has 1 aromatic heterocycles. The van der Waals surface area contributed by atoms with Crippen molar-refractivity contribution in [1.29, 1.82) is 0 Å². The van der Waals surface area contributed by atoms with Crippen molar-refractivity contribution < 1.29 is 13.2 Å². The van der Waals surface area contributed by atoms with Crippen molar-refractivity contribution in [1.82, 2.24) is 9.97 Å². The Balaban J connectivity index is 2.39. The fraction of sp³-hybridized carbons (Fsp3) is 0.182. The molecule has 6 heteroatoms. The first-order chi connectivity index (χ1) is 8.00. The van der Waals surface area contributed by atoms with E-state index >= 15 is 0 Å². The Hall–Kier alpha value is -1.82. The van der Waals surface area contributed by atoms with E-state index < -0.39 is 11.7 Å². The Bertz CT molecular complexity index is 517. The minimum atomic E-state index is -4.35. The molecule has 0 amide bonds. The molecule has 2 aromatic rings. The van der Waals surface area contributed by atoms with E-state index in [0.29, 0.717) is 17.1 Å². The van der Waals surface area contributed by atoms with Crippen LogP contribution in [0.25, 0.3) is 11.4 Å². The summed E-state index contributed by atoms with van der Waals surface area (Å²) in [6.45, 7) is 0.270. The maximum atomic E-state index is 12.5. The standard InChI is InChI=1S/C11H10F3N3/c12-11(13,14)8-3-1-2-7(4-8)10-16-6-9(5-15)17-10/h1-4,6H,5,15H2,(H,16,17). The molecule has 0 aliphatic carbocycles. The molecule has 0 aliphatic heterocycles. The molecule has 0 atom stereocenters. The van der Waals surface area contributed by atoms with Crippen LogP contribution in [0.4, 0.5) is 13.2 Å². The number of nitrogens with zero attached hydrogens (tertiary/aromatic N) is 1. The normalized spacial score (nSPS) is 11.8. The Kier molecular flexibility index (Phi) is 2.89. The first-order valence-corrected chi connectivity index (χ1v) is 4.92. The van der Waals surface area contributed by atoms with Gasteiger partial charge in [0, 0.05) is 24.0 Å². The molecule has 0 spiro atoms. The second kappa shape index (κ2) is 4.21. The number of hydrogen-bond donors (Lipinski definition) is 2. The summed E-state index contributed by atoms with van der Waals surface area (Å²) >= 11 is 0. The molecule has 3 nitrogen and oxygen atoms in total. The van der Waals surface area contributed by atoms with Crippen molar-refractivity contribution in [3.05, 3.63) is 41.7 Å².